The second kappa shape index (κ2) is 5.24. The summed E-state index contributed by atoms with van der Waals surface area (Å²) < 4.78 is 11.2. The molecule has 0 aliphatic heterocycles. The summed E-state index contributed by atoms with van der Waals surface area (Å²) in [5.74, 6) is -0.434. The zero-order valence-electron chi connectivity index (χ0n) is 11.5. The molecule has 0 amide bonds. The molecule has 6 heteroatoms. The third kappa shape index (κ3) is 2.45. The van der Waals surface area contributed by atoms with Crippen LogP contribution in [0.3, 0.4) is 0 Å². The Hall–Kier alpha value is -2.50. The monoisotopic (exact) mass is 277 g/mol. The zero-order chi connectivity index (χ0) is 14.9. The number of aromatic nitrogens is 1. The van der Waals surface area contributed by atoms with Crippen molar-refractivity contribution in [3.05, 3.63) is 51.0 Å². The molecule has 6 nitrogen and oxygen atoms in total. The number of aromatic carboxylic acids is 1. The summed E-state index contributed by atoms with van der Waals surface area (Å²) in [5.41, 5.74) is 1.09. The Kier molecular flexibility index (Phi) is 3.65. The lowest BCUT2D eigenvalue weighted by atomic mass is 10.1. The van der Waals surface area contributed by atoms with Gasteiger partial charge in [0, 0.05) is 0 Å². The largest absolute Gasteiger partial charge is 0.496 e. The Bertz CT molecular complexity index is 711. The maximum Gasteiger partial charge on any atom is 0.361 e. The van der Waals surface area contributed by atoms with Crippen molar-refractivity contribution in [3.63, 3.8) is 0 Å². The molecule has 1 heterocycles. The van der Waals surface area contributed by atoms with E-state index in [0.29, 0.717) is 0 Å². The zero-order valence-corrected chi connectivity index (χ0v) is 11.5. The fraction of sp³-hybridized carbons (Fsp3) is 0.286. The van der Waals surface area contributed by atoms with Crippen molar-refractivity contribution < 1.29 is 19.2 Å². The van der Waals surface area contributed by atoms with Gasteiger partial charge in [0.2, 0.25) is 0 Å². The number of hydrogen-bond donors (Lipinski definition) is 1. The number of carboxylic acids is 1. The minimum absolute atomic E-state index is 0.0998. The second-order valence-electron chi connectivity index (χ2n) is 4.50. The van der Waals surface area contributed by atoms with Gasteiger partial charge in [-0.3, -0.25) is 0 Å². The number of methoxy groups -OCH3 is 1. The van der Waals surface area contributed by atoms with Crippen LogP contribution in [0.1, 0.15) is 27.2 Å². The van der Waals surface area contributed by atoms with Crippen LogP contribution in [0.2, 0.25) is 0 Å². The lowest BCUT2D eigenvalue weighted by Crippen LogP contribution is -2.10. The molecule has 1 aromatic heterocycles. The van der Waals surface area contributed by atoms with Crippen LogP contribution in [0.4, 0.5) is 0 Å². The molecule has 1 aromatic carbocycles. The first kappa shape index (κ1) is 13.9. The van der Waals surface area contributed by atoms with Gasteiger partial charge in [-0.15, -0.1) is 0 Å². The lowest BCUT2D eigenvalue weighted by molar-refractivity contribution is 0.0669. The van der Waals surface area contributed by atoms with Crippen molar-refractivity contribution in [3.8, 4) is 5.75 Å². The molecular formula is C14H15NO5. The maximum absolute atomic E-state index is 11.5. The van der Waals surface area contributed by atoms with E-state index in [1.807, 2.05) is 13.0 Å². The number of benzene rings is 1. The van der Waals surface area contributed by atoms with Crippen LogP contribution in [0.25, 0.3) is 0 Å². The van der Waals surface area contributed by atoms with Gasteiger partial charge in [0.1, 0.15) is 5.75 Å². The number of rotatable bonds is 4. The van der Waals surface area contributed by atoms with E-state index in [1.165, 1.54) is 6.92 Å². The summed E-state index contributed by atoms with van der Waals surface area (Å²) in [4.78, 5) is 22.6. The van der Waals surface area contributed by atoms with Crippen molar-refractivity contribution >= 4 is 5.97 Å². The van der Waals surface area contributed by atoms with E-state index in [9.17, 15) is 9.59 Å². The first-order chi connectivity index (χ1) is 9.43. The van der Waals surface area contributed by atoms with E-state index < -0.39 is 11.6 Å². The van der Waals surface area contributed by atoms with Crippen molar-refractivity contribution in [1.82, 2.24) is 4.74 Å². The summed E-state index contributed by atoms with van der Waals surface area (Å²) in [6.07, 6.45) is 0. The third-order valence-corrected chi connectivity index (χ3v) is 3.09. The summed E-state index contributed by atoms with van der Waals surface area (Å²) in [6.45, 7) is 3.50. The van der Waals surface area contributed by atoms with Gasteiger partial charge >= 0.3 is 11.6 Å². The van der Waals surface area contributed by atoms with E-state index in [0.717, 1.165) is 21.6 Å². The molecule has 0 aliphatic rings. The number of ether oxygens (including phenoxy) is 1. The van der Waals surface area contributed by atoms with Gasteiger partial charge in [-0.25, -0.2) is 9.59 Å². The van der Waals surface area contributed by atoms with E-state index in [4.69, 9.17) is 14.4 Å². The van der Waals surface area contributed by atoms with Gasteiger partial charge in [-0.2, -0.15) is 4.74 Å². The molecule has 0 saturated heterocycles. The van der Waals surface area contributed by atoms with Crippen LogP contribution in [-0.2, 0) is 6.54 Å². The molecule has 0 bridgehead atoms. The summed E-state index contributed by atoms with van der Waals surface area (Å²) in [5, 5.41) is 9.13. The number of hydrogen-bond acceptors (Lipinski definition) is 4. The topological polar surface area (TPSA) is 81.7 Å². The van der Waals surface area contributed by atoms with E-state index >= 15 is 0 Å². The molecule has 0 saturated carbocycles. The molecule has 2 aromatic rings. The smallest absolute Gasteiger partial charge is 0.361 e. The fourth-order valence-corrected chi connectivity index (χ4v) is 2.08. The van der Waals surface area contributed by atoms with E-state index in [-0.39, 0.29) is 17.8 Å². The Morgan fingerprint density at radius 1 is 1.40 bits per heavy atom. The molecule has 0 aliphatic carbocycles. The SMILES string of the molecule is COc1ccc(Cn2oc(=O)c(C)c2C(=O)O)cc1C. The first-order valence-corrected chi connectivity index (χ1v) is 6.01. The highest BCUT2D eigenvalue weighted by Crippen LogP contribution is 2.19. The lowest BCUT2D eigenvalue weighted by Gasteiger charge is -2.08. The molecule has 106 valence electrons. The number of carboxylic acid groups (broad SMARTS) is 1. The van der Waals surface area contributed by atoms with Gasteiger partial charge in [0.05, 0.1) is 19.2 Å². The number of carbonyl (C=O) groups is 1. The highest BCUT2D eigenvalue weighted by molar-refractivity contribution is 5.87. The Balaban J connectivity index is 2.40. The van der Waals surface area contributed by atoms with Crippen LogP contribution in [0.5, 0.6) is 5.75 Å². The molecule has 0 fully saturated rings. The molecule has 0 spiro atoms. The second-order valence-corrected chi connectivity index (χ2v) is 4.50. The van der Waals surface area contributed by atoms with E-state index in [2.05, 4.69) is 0 Å². The minimum Gasteiger partial charge on any atom is -0.496 e. The molecule has 1 N–H and O–H groups in total. The van der Waals surface area contributed by atoms with Gasteiger partial charge < -0.3 is 14.4 Å². The fourth-order valence-electron chi connectivity index (χ4n) is 2.08. The van der Waals surface area contributed by atoms with Crippen molar-refractivity contribution in [1.29, 1.82) is 0 Å². The van der Waals surface area contributed by atoms with E-state index in [1.54, 1.807) is 19.2 Å². The van der Waals surface area contributed by atoms with Crippen LogP contribution in [0.15, 0.2) is 27.5 Å². The standard InChI is InChI=1S/C14H15NO5/c1-8-6-10(4-5-11(8)19-3)7-15-12(13(16)17)9(2)14(18)20-15/h4-6H,7H2,1-3H3,(H,16,17). The molecule has 0 atom stereocenters. The van der Waals surface area contributed by atoms with Crippen molar-refractivity contribution in [2.24, 2.45) is 0 Å². The van der Waals surface area contributed by atoms with Crippen LogP contribution < -0.4 is 10.4 Å². The summed E-state index contributed by atoms with van der Waals surface area (Å²) >= 11 is 0. The van der Waals surface area contributed by atoms with Gasteiger partial charge in [-0.05, 0) is 31.0 Å². The summed E-state index contributed by atoms with van der Waals surface area (Å²) in [7, 11) is 1.58. The van der Waals surface area contributed by atoms with Crippen LogP contribution >= 0.6 is 0 Å². The average molecular weight is 277 g/mol. The maximum atomic E-state index is 11.5. The Morgan fingerprint density at radius 3 is 2.65 bits per heavy atom. The van der Waals surface area contributed by atoms with Crippen LogP contribution in [0, 0.1) is 13.8 Å². The van der Waals surface area contributed by atoms with Gasteiger partial charge in [0.25, 0.3) is 0 Å². The quantitative estimate of drug-likeness (QED) is 0.921. The summed E-state index contributed by atoms with van der Waals surface area (Å²) in [6, 6.07) is 5.45. The first-order valence-electron chi connectivity index (χ1n) is 6.01. The van der Waals surface area contributed by atoms with Crippen molar-refractivity contribution in [2.45, 2.75) is 20.4 Å². The Labute approximate surface area is 115 Å². The predicted molar refractivity (Wildman–Crippen MR) is 71.5 cm³/mol. The minimum atomic E-state index is -1.18. The van der Waals surface area contributed by atoms with Gasteiger partial charge in [-0.1, -0.05) is 12.1 Å². The number of nitrogens with zero attached hydrogens (tertiary/aromatic N) is 1. The van der Waals surface area contributed by atoms with Crippen molar-refractivity contribution in [2.75, 3.05) is 7.11 Å². The van der Waals surface area contributed by atoms with Gasteiger partial charge in [0.15, 0.2) is 5.69 Å². The molecular weight excluding hydrogens is 262 g/mol. The number of aryl methyl sites for hydroxylation is 1. The molecule has 0 radical (unpaired) electrons. The van der Waals surface area contributed by atoms with Crippen LogP contribution in [-0.4, -0.2) is 22.9 Å². The highest BCUT2D eigenvalue weighted by Gasteiger charge is 2.20. The molecule has 20 heavy (non-hydrogen) atoms. The highest BCUT2D eigenvalue weighted by atomic mass is 16.5. The predicted octanol–water partition coefficient (Wildman–Crippen LogP) is 1.81. The average Bonchev–Trinajstić information content (AvgIpc) is 2.65. The Morgan fingerprint density at radius 2 is 2.10 bits per heavy atom. The normalized spacial score (nSPS) is 10.6. The molecule has 0 unspecified atom stereocenters. The molecule has 2 rings (SSSR count). The third-order valence-electron chi connectivity index (χ3n) is 3.09.